The molecule has 0 radical (unpaired) electrons. The molecule has 4 heterocycles. The van der Waals surface area contributed by atoms with E-state index in [-0.39, 0.29) is 12.1 Å². The monoisotopic (exact) mass is 380 g/mol. The number of piperidine rings is 1. The van der Waals surface area contributed by atoms with Crippen LogP contribution in [0.2, 0.25) is 0 Å². The van der Waals surface area contributed by atoms with E-state index < -0.39 is 0 Å². The molecule has 0 amide bonds. The summed E-state index contributed by atoms with van der Waals surface area (Å²) in [5, 5.41) is 17.0. The number of nitrogens with two attached hydrogens (primary N) is 1. The van der Waals surface area contributed by atoms with Gasteiger partial charge in [0.2, 0.25) is 0 Å². The minimum atomic E-state index is -0.265. The Bertz CT molecular complexity index is 1020. The molecular formula is C19H24N8O. The first kappa shape index (κ1) is 18.2. The van der Waals surface area contributed by atoms with E-state index in [9.17, 15) is 5.11 Å². The van der Waals surface area contributed by atoms with Crippen molar-refractivity contribution in [3.05, 3.63) is 42.6 Å². The van der Waals surface area contributed by atoms with Gasteiger partial charge in [0.05, 0.1) is 23.2 Å². The largest absolute Gasteiger partial charge is 0.405 e. The topological polar surface area (TPSA) is 121 Å². The number of H-pyrrole nitrogens is 1. The Labute approximate surface area is 162 Å². The van der Waals surface area contributed by atoms with Crippen molar-refractivity contribution in [3.8, 4) is 11.4 Å². The van der Waals surface area contributed by atoms with Gasteiger partial charge in [0.15, 0.2) is 5.65 Å². The van der Waals surface area contributed by atoms with Crippen LogP contribution in [0.4, 0.5) is 5.82 Å². The van der Waals surface area contributed by atoms with Gasteiger partial charge in [-0.3, -0.25) is 14.5 Å². The molecule has 28 heavy (non-hydrogen) atoms. The number of allylic oxidation sites excluding steroid dienone is 1. The van der Waals surface area contributed by atoms with Crippen molar-refractivity contribution in [3.63, 3.8) is 0 Å². The Morgan fingerprint density at radius 1 is 1.46 bits per heavy atom. The molecule has 1 aliphatic rings. The summed E-state index contributed by atoms with van der Waals surface area (Å²) in [6.07, 6.45) is 7.84. The first-order chi connectivity index (χ1) is 13.6. The molecule has 0 bridgehead atoms. The van der Waals surface area contributed by atoms with Crippen molar-refractivity contribution in [2.75, 3.05) is 18.5 Å². The summed E-state index contributed by atoms with van der Waals surface area (Å²) in [6, 6.07) is 4.06. The second-order valence-corrected chi connectivity index (χ2v) is 6.95. The van der Waals surface area contributed by atoms with Gasteiger partial charge in [0.1, 0.15) is 17.8 Å². The molecule has 9 nitrogen and oxygen atoms in total. The number of hydrogen-bond donors (Lipinski definition) is 3. The number of aliphatic hydroxyl groups excluding tert-OH is 1. The van der Waals surface area contributed by atoms with Crippen LogP contribution in [0.25, 0.3) is 17.0 Å². The van der Waals surface area contributed by atoms with Crippen LogP contribution in [0, 0.1) is 0 Å². The molecule has 1 aliphatic heterocycles. The van der Waals surface area contributed by atoms with Crippen LogP contribution < -0.4 is 10.6 Å². The number of nitrogens with one attached hydrogen (secondary N) is 1. The Hall–Kier alpha value is -3.20. The Morgan fingerprint density at radius 3 is 3.00 bits per heavy atom. The molecule has 0 aromatic carbocycles. The molecule has 2 atom stereocenters. The highest BCUT2D eigenvalue weighted by molar-refractivity contribution is 6.08. The fourth-order valence-electron chi connectivity index (χ4n) is 3.74. The molecule has 3 aromatic rings. The van der Waals surface area contributed by atoms with E-state index in [0.717, 1.165) is 36.6 Å². The summed E-state index contributed by atoms with van der Waals surface area (Å²) in [6.45, 7) is 2.87. The molecule has 1 saturated heterocycles. The van der Waals surface area contributed by atoms with Crippen molar-refractivity contribution < 1.29 is 5.11 Å². The van der Waals surface area contributed by atoms with Gasteiger partial charge in [-0.2, -0.15) is 5.10 Å². The van der Waals surface area contributed by atoms with Gasteiger partial charge in [-0.15, -0.1) is 0 Å². The van der Waals surface area contributed by atoms with Gasteiger partial charge in [0.25, 0.3) is 0 Å². The average molecular weight is 380 g/mol. The number of aliphatic hydroxyl groups is 1. The molecule has 146 valence electrons. The van der Waals surface area contributed by atoms with Gasteiger partial charge in [-0.1, -0.05) is 0 Å². The quantitative estimate of drug-likeness (QED) is 0.588. The highest BCUT2D eigenvalue weighted by atomic mass is 16.3. The van der Waals surface area contributed by atoms with Gasteiger partial charge in [-0.05, 0) is 38.1 Å². The lowest BCUT2D eigenvalue weighted by Crippen LogP contribution is -2.43. The van der Waals surface area contributed by atoms with E-state index in [2.05, 4.69) is 32.0 Å². The normalized spacial score (nSPS) is 21.1. The first-order valence-electron chi connectivity index (χ1n) is 9.30. The van der Waals surface area contributed by atoms with Crippen LogP contribution in [0.3, 0.4) is 0 Å². The summed E-state index contributed by atoms with van der Waals surface area (Å²) >= 11 is 0. The molecule has 9 heteroatoms. The maximum Gasteiger partial charge on any atom is 0.168 e. The van der Waals surface area contributed by atoms with Gasteiger partial charge in [0, 0.05) is 31.9 Å². The van der Waals surface area contributed by atoms with E-state index in [1.807, 2.05) is 16.5 Å². The van der Waals surface area contributed by atoms with Crippen molar-refractivity contribution in [2.24, 2.45) is 10.7 Å². The van der Waals surface area contributed by atoms with Gasteiger partial charge >= 0.3 is 0 Å². The minimum Gasteiger partial charge on any atom is -0.405 e. The van der Waals surface area contributed by atoms with E-state index in [1.54, 1.807) is 25.6 Å². The van der Waals surface area contributed by atoms with Crippen LogP contribution in [0.15, 0.2) is 41.9 Å². The molecular weight excluding hydrogens is 356 g/mol. The number of aliphatic imine (C=N–C) groups is 1. The van der Waals surface area contributed by atoms with Crippen molar-refractivity contribution >= 4 is 17.2 Å². The number of rotatable bonds is 4. The van der Waals surface area contributed by atoms with Crippen LogP contribution in [0.1, 0.15) is 25.5 Å². The first-order valence-corrected chi connectivity index (χ1v) is 9.30. The minimum absolute atomic E-state index is 0.187. The number of aromatic nitrogens is 5. The highest BCUT2D eigenvalue weighted by Crippen LogP contribution is 2.29. The number of nitrogens with zero attached hydrogens (tertiary/aromatic N) is 6. The molecule has 4 N–H and O–H groups in total. The van der Waals surface area contributed by atoms with Gasteiger partial charge < -0.3 is 15.7 Å². The van der Waals surface area contributed by atoms with Crippen molar-refractivity contribution in [1.82, 2.24) is 24.6 Å². The highest BCUT2D eigenvalue weighted by Gasteiger charge is 2.27. The SMILES string of the molecule is CN=C(C=CN)c1cc(N2CCC(O)C[C@H]2C)n2cnc(-c3ccn[nH]3)c2n1. The third kappa shape index (κ3) is 3.13. The zero-order valence-electron chi connectivity index (χ0n) is 15.9. The average Bonchev–Trinajstić information content (AvgIpc) is 3.34. The van der Waals surface area contributed by atoms with Crippen molar-refractivity contribution in [2.45, 2.75) is 31.9 Å². The molecule has 0 spiro atoms. The summed E-state index contributed by atoms with van der Waals surface area (Å²) in [4.78, 5) is 16.0. The van der Waals surface area contributed by atoms with E-state index in [0.29, 0.717) is 17.1 Å². The predicted octanol–water partition coefficient (Wildman–Crippen LogP) is 1.36. The van der Waals surface area contributed by atoms with Crippen LogP contribution >= 0.6 is 0 Å². The fourth-order valence-corrected chi connectivity index (χ4v) is 3.74. The number of anilines is 1. The van der Waals surface area contributed by atoms with Crippen LogP contribution in [-0.4, -0.2) is 61.1 Å². The number of imidazole rings is 1. The van der Waals surface area contributed by atoms with Crippen molar-refractivity contribution in [1.29, 1.82) is 0 Å². The van der Waals surface area contributed by atoms with Crippen LogP contribution in [0.5, 0.6) is 0 Å². The molecule has 0 saturated carbocycles. The zero-order chi connectivity index (χ0) is 19.7. The van der Waals surface area contributed by atoms with E-state index in [1.165, 1.54) is 6.20 Å². The predicted molar refractivity (Wildman–Crippen MR) is 108 cm³/mol. The summed E-state index contributed by atoms with van der Waals surface area (Å²) in [5.74, 6) is 0.962. The Balaban J connectivity index is 1.92. The van der Waals surface area contributed by atoms with Gasteiger partial charge in [-0.25, -0.2) is 9.97 Å². The van der Waals surface area contributed by atoms with Crippen LogP contribution in [-0.2, 0) is 0 Å². The summed E-state index contributed by atoms with van der Waals surface area (Å²) < 4.78 is 1.98. The number of aromatic amines is 1. The third-order valence-electron chi connectivity index (χ3n) is 5.14. The zero-order valence-corrected chi connectivity index (χ0v) is 15.9. The maximum absolute atomic E-state index is 10.0. The molecule has 4 rings (SSSR count). The molecule has 0 aliphatic carbocycles. The smallest absolute Gasteiger partial charge is 0.168 e. The Kier molecular flexibility index (Phi) is 4.82. The number of hydrogen-bond acceptors (Lipinski definition) is 7. The van der Waals surface area contributed by atoms with E-state index in [4.69, 9.17) is 10.7 Å². The fraction of sp³-hybridized carbons (Fsp3) is 0.368. The lowest BCUT2D eigenvalue weighted by molar-refractivity contribution is 0.131. The second-order valence-electron chi connectivity index (χ2n) is 6.95. The number of fused-ring (bicyclic) bond motifs is 1. The Morgan fingerprint density at radius 2 is 2.32 bits per heavy atom. The molecule has 1 unspecified atom stereocenters. The second kappa shape index (κ2) is 7.43. The lowest BCUT2D eigenvalue weighted by Gasteiger charge is -2.37. The standard InChI is InChI=1S/C19H24N8O/c1-12-9-13(28)5-8-26(12)17-10-16(14(21-2)3-6-20)24-19-18(22-11-27(17)19)15-4-7-23-25-15/h3-4,6-7,10-13,28H,5,8-9,20H2,1-2H3,(H,23,25)/t12-,13?/m1/s1. The summed E-state index contributed by atoms with van der Waals surface area (Å²) in [7, 11) is 1.72. The lowest BCUT2D eigenvalue weighted by atomic mass is 10.0. The molecule has 3 aromatic heterocycles. The molecule has 1 fully saturated rings. The maximum atomic E-state index is 10.0. The third-order valence-corrected chi connectivity index (χ3v) is 5.14. The van der Waals surface area contributed by atoms with E-state index >= 15 is 0 Å². The summed E-state index contributed by atoms with van der Waals surface area (Å²) in [5.41, 5.74) is 9.23.